The van der Waals surface area contributed by atoms with Gasteiger partial charge in [0.05, 0.1) is 0 Å². The molecule has 3 nitrogen and oxygen atoms in total. The molecule has 0 bridgehead atoms. The van der Waals surface area contributed by atoms with E-state index in [0.717, 1.165) is 0 Å². The molecule has 7 heavy (non-hydrogen) atoms. The average Bonchev–Trinajstić information content (AvgIpc) is 1.86. The van der Waals surface area contributed by atoms with Gasteiger partial charge >= 0.3 is 18.9 Å². The van der Waals surface area contributed by atoms with Crippen molar-refractivity contribution in [2.75, 3.05) is 0 Å². The third-order valence-corrected chi connectivity index (χ3v) is 0.407. The molecule has 0 amide bonds. The topological polar surface area (TPSA) is 38.9 Å². The third-order valence-electron chi connectivity index (χ3n) is 0.407. The first-order valence-corrected chi connectivity index (χ1v) is 1.49. The zero-order valence-corrected chi connectivity index (χ0v) is 4.09. The van der Waals surface area contributed by atoms with E-state index in [0.29, 0.717) is 5.69 Å². The molecule has 32 valence electrons. The SMILES string of the molecule is [CH2-]c1cnon1.[Li+]. The van der Waals surface area contributed by atoms with Crippen molar-refractivity contribution in [3.05, 3.63) is 18.8 Å². The molecule has 0 saturated carbocycles. The van der Waals surface area contributed by atoms with Gasteiger partial charge in [-0.05, 0) is 5.69 Å². The van der Waals surface area contributed by atoms with Crippen LogP contribution in [0.5, 0.6) is 0 Å². The standard InChI is InChI=1S/C3H3N2O.Li/c1-3-2-4-6-5-3;/h2H,1H2;/q-1;+1. The van der Waals surface area contributed by atoms with E-state index < -0.39 is 0 Å². The predicted molar refractivity (Wildman–Crippen MR) is 18.8 cm³/mol. The van der Waals surface area contributed by atoms with Crippen LogP contribution in [0.4, 0.5) is 0 Å². The Hall–Kier alpha value is -0.393. The molecular weight excluding hydrogens is 87.0 g/mol. The molecule has 0 N–H and O–H groups in total. The Kier molecular flexibility index (Phi) is 2.57. The van der Waals surface area contributed by atoms with Gasteiger partial charge in [-0.1, -0.05) is 11.4 Å². The smallest absolute Gasteiger partial charge is 0.266 e. The van der Waals surface area contributed by atoms with Crippen molar-refractivity contribution in [3.8, 4) is 0 Å². The number of hydrogen-bond donors (Lipinski definition) is 0. The summed E-state index contributed by atoms with van der Waals surface area (Å²) in [7, 11) is 0. The van der Waals surface area contributed by atoms with Crippen LogP contribution in [0.1, 0.15) is 5.69 Å². The van der Waals surface area contributed by atoms with Gasteiger partial charge in [-0.3, -0.25) is 4.63 Å². The summed E-state index contributed by atoms with van der Waals surface area (Å²) in [5, 5.41) is 6.59. The molecule has 1 rings (SSSR count). The van der Waals surface area contributed by atoms with E-state index in [1.165, 1.54) is 6.20 Å². The molecule has 0 fully saturated rings. The van der Waals surface area contributed by atoms with Gasteiger partial charge in [0.2, 0.25) is 0 Å². The summed E-state index contributed by atoms with van der Waals surface area (Å²) in [5.74, 6) is 0. The van der Waals surface area contributed by atoms with E-state index in [9.17, 15) is 0 Å². The van der Waals surface area contributed by atoms with Crippen molar-refractivity contribution in [3.63, 3.8) is 0 Å². The van der Waals surface area contributed by atoms with Gasteiger partial charge in [0.25, 0.3) is 0 Å². The molecule has 0 aliphatic carbocycles. The Morgan fingerprint density at radius 2 is 2.43 bits per heavy atom. The maximum absolute atomic E-state index is 4.15. The molecule has 0 unspecified atom stereocenters. The molecule has 1 heterocycles. The first-order valence-electron chi connectivity index (χ1n) is 1.49. The Morgan fingerprint density at radius 3 is 2.57 bits per heavy atom. The largest absolute Gasteiger partial charge is 1.00 e. The summed E-state index contributed by atoms with van der Waals surface area (Å²) in [6.07, 6.45) is 1.44. The predicted octanol–water partition coefficient (Wildman–Crippen LogP) is -2.74. The van der Waals surface area contributed by atoms with E-state index in [-0.39, 0.29) is 18.9 Å². The number of aromatic nitrogens is 2. The fraction of sp³-hybridized carbons (Fsp3) is 0. The van der Waals surface area contributed by atoms with Crippen LogP contribution in [0, 0.1) is 6.92 Å². The molecule has 4 heteroatoms. The summed E-state index contributed by atoms with van der Waals surface area (Å²) >= 11 is 0. The zero-order valence-electron chi connectivity index (χ0n) is 4.09. The summed E-state index contributed by atoms with van der Waals surface area (Å²) in [5.41, 5.74) is 0.565. The van der Waals surface area contributed by atoms with E-state index in [1.54, 1.807) is 0 Å². The summed E-state index contributed by atoms with van der Waals surface area (Å²) < 4.78 is 4.15. The number of hydrogen-bond acceptors (Lipinski definition) is 3. The van der Waals surface area contributed by atoms with Gasteiger partial charge < -0.3 is 0 Å². The number of rotatable bonds is 0. The van der Waals surface area contributed by atoms with Crippen LogP contribution in [-0.4, -0.2) is 10.3 Å². The molecule has 0 aliphatic rings. The van der Waals surface area contributed by atoms with Crippen molar-refractivity contribution in [1.82, 2.24) is 10.3 Å². The van der Waals surface area contributed by atoms with Crippen molar-refractivity contribution < 1.29 is 23.5 Å². The molecule has 1 aromatic heterocycles. The Labute approximate surface area is 53.2 Å². The molecule has 0 aromatic carbocycles. The fourth-order valence-corrected chi connectivity index (χ4v) is 0.184. The van der Waals surface area contributed by atoms with Crippen LogP contribution >= 0.6 is 0 Å². The molecule has 0 saturated heterocycles. The minimum Gasteiger partial charge on any atom is -0.266 e. The molecule has 0 spiro atoms. The van der Waals surface area contributed by atoms with Gasteiger partial charge in [-0.2, -0.15) is 5.16 Å². The van der Waals surface area contributed by atoms with E-state index in [1.807, 2.05) is 0 Å². The maximum atomic E-state index is 4.15. The van der Waals surface area contributed by atoms with E-state index >= 15 is 0 Å². The average molecular weight is 90.0 g/mol. The Balaban J connectivity index is 0.000000360. The van der Waals surface area contributed by atoms with E-state index in [4.69, 9.17) is 0 Å². The van der Waals surface area contributed by atoms with E-state index in [2.05, 4.69) is 21.9 Å². The Bertz CT molecular complexity index is 116. The normalized spacial score (nSPS) is 7.43. The summed E-state index contributed by atoms with van der Waals surface area (Å²) in [4.78, 5) is 0. The van der Waals surface area contributed by atoms with Crippen molar-refractivity contribution in [1.29, 1.82) is 0 Å². The quantitative estimate of drug-likeness (QED) is 0.256. The summed E-state index contributed by atoms with van der Waals surface area (Å²) in [6.45, 7) is 3.41. The molecule has 1 aromatic rings. The molecule has 0 aliphatic heterocycles. The van der Waals surface area contributed by atoms with Crippen molar-refractivity contribution >= 4 is 0 Å². The van der Waals surface area contributed by atoms with Crippen LogP contribution in [0.3, 0.4) is 0 Å². The first-order chi connectivity index (χ1) is 2.89. The van der Waals surface area contributed by atoms with Crippen LogP contribution in [-0.2, 0) is 0 Å². The van der Waals surface area contributed by atoms with Gasteiger partial charge in [-0.25, -0.2) is 6.92 Å². The van der Waals surface area contributed by atoms with Gasteiger partial charge in [0.15, 0.2) is 0 Å². The second kappa shape index (κ2) is 2.73. The molecule has 0 atom stereocenters. The summed E-state index contributed by atoms with van der Waals surface area (Å²) in [6, 6.07) is 0. The second-order valence-corrected chi connectivity index (χ2v) is 0.899. The minimum absolute atomic E-state index is 0. The maximum Gasteiger partial charge on any atom is 1.00 e. The molecule has 0 radical (unpaired) electrons. The van der Waals surface area contributed by atoms with Crippen LogP contribution in [0.25, 0.3) is 0 Å². The monoisotopic (exact) mass is 90.0 g/mol. The van der Waals surface area contributed by atoms with Crippen LogP contribution < -0.4 is 18.9 Å². The second-order valence-electron chi connectivity index (χ2n) is 0.899. The van der Waals surface area contributed by atoms with Gasteiger partial charge in [-0.15, -0.1) is 0 Å². The first kappa shape index (κ1) is 6.61. The minimum atomic E-state index is 0. The van der Waals surface area contributed by atoms with Crippen molar-refractivity contribution in [2.24, 2.45) is 0 Å². The van der Waals surface area contributed by atoms with Gasteiger partial charge in [0, 0.05) is 0 Å². The Morgan fingerprint density at radius 1 is 1.71 bits per heavy atom. The number of nitrogens with zero attached hydrogens (tertiary/aromatic N) is 2. The molecular formula is C3H3LiN2O. The fourth-order valence-electron chi connectivity index (χ4n) is 0.184. The van der Waals surface area contributed by atoms with Crippen molar-refractivity contribution in [2.45, 2.75) is 0 Å². The zero-order chi connectivity index (χ0) is 4.41. The van der Waals surface area contributed by atoms with Crippen LogP contribution in [0.15, 0.2) is 10.8 Å². The third kappa shape index (κ3) is 1.67. The van der Waals surface area contributed by atoms with Crippen LogP contribution in [0.2, 0.25) is 0 Å². The van der Waals surface area contributed by atoms with Gasteiger partial charge in [0.1, 0.15) is 0 Å².